The van der Waals surface area contributed by atoms with Crippen molar-refractivity contribution in [3.05, 3.63) is 133 Å². The van der Waals surface area contributed by atoms with E-state index in [-0.39, 0.29) is 17.0 Å². The van der Waals surface area contributed by atoms with Gasteiger partial charge in [0.25, 0.3) is 0 Å². The monoisotopic (exact) mass is 892 g/mol. The van der Waals surface area contributed by atoms with E-state index < -0.39 is 68.6 Å². The molecular formula is C51H32N4O10S. The van der Waals surface area contributed by atoms with Gasteiger partial charge >= 0.3 is 0 Å². The molecule has 3 aromatic heterocycles. The molecule has 10 N–H and O–H groups in total. The van der Waals surface area contributed by atoms with Crippen LogP contribution in [0.15, 0.2) is 133 Å². The maximum Gasteiger partial charge on any atom is 0.208 e. The summed E-state index contributed by atoms with van der Waals surface area (Å²) in [6.07, 6.45) is 0. The first-order valence-corrected chi connectivity index (χ1v) is 21.0. The molecule has 0 fully saturated rings. The van der Waals surface area contributed by atoms with Crippen molar-refractivity contribution in [2.45, 2.75) is 0 Å². The zero-order valence-electron chi connectivity index (χ0n) is 33.9. The van der Waals surface area contributed by atoms with Crippen LogP contribution in [0.5, 0.6) is 57.5 Å². The smallest absolute Gasteiger partial charge is 0.208 e. The molecule has 0 atom stereocenters. The topological polar surface area (TPSA) is 246 Å². The molecule has 0 radical (unpaired) electrons. The van der Waals surface area contributed by atoms with Gasteiger partial charge in [0.15, 0.2) is 40.5 Å². The molecule has 0 aliphatic heterocycles. The van der Waals surface area contributed by atoms with E-state index in [1.54, 1.807) is 30.3 Å². The van der Waals surface area contributed by atoms with Crippen molar-refractivity contribution in [1.82, 2.24) is 19.5 Å². The first-order chi connectivity index (χ1) is 31.9. The van der Waals surface area contributed by atoms with Crippen molar-refractivity contribution in [1.29, 1.82) is 0 Å². The highest BCUT2D eigenvalue weighted by molar-refractivity contribution is 7.26. The molecule has 11 aromatic rings. The summed E-state index contributed by atoms with van der Waals surface area (Å²) in [4.78, 5) is 15.1. The number of aromatic nitrogens is 4. The number of hydrogen-bond acceptors (Lipinski definition) is 14. The Labute approximate surface area is 375 Å². The second-order valence-electron chi connectivity index (χ2n) is 15.5. The minimum absolute atomic E-state index is 0.0716. The molecule has 8 aromatic carbocycles. The molecule has 66 heavy (non-hydrogen) atoms. The lowest BCUT2D eigenvalue weighted by Crippen LogP contribution is -2.04. The molecule has 3 heterocycles. The molecule has 0 unspecified atom stereocenters. The van der Waals surface area contributed by atoms with Crippen molar-refractivity contribution in [2.24, 2.45) is 0 Å². The third-order valence-corrected chi connectivity index (χ3v) is 13.0. The summed E-state index contributed by atoms with van der Waals surface area (Å²) in [5.74, 6) is -9.16. The van der Waals surface area contributed by atoms with Crippen LogP contribution >= 0.6 is 11.3 Å². The first kappa shape index (κ1) is 39.6. The van der Waals surface area contributed by atoms with E-state index in [1.807, 2.05) is 102 Å². The minimum Gasteiger partial charge on any atom is -0.504 e. The molecule has 0 bridgehead atoms. The summed E-state index contributed by atoms with van der Waals surface area (Å²) in [5.41, 5.74) is 2.68. The average Bonchev–Trinajstić information content (AvgIpc) is 3.90. The lowest BCUT2D eigenvalue weighted by molar-refractivity contribution is 0.330. The predicted octanol–water partition coefficient (Wildman–Crippen LogP) is 10.7. The van der Waals surface area contributed by atoms with E-state index in [0.717, 1.165) is 31.3 Å². The van der Waals surface area contributed by atoms with E-state index in [2.05, 4.69) is 0 Å². The van der Waals surface area contributed by atoms with Crippen LogP contribution in [0, 0.1) is 0 Å². The maximum atomic E-state index is 11.3. The Morgan fingerprint density at radius 1 is 0.364 bits per heavy atom. The van der Waals surface area contributed by atoms with Gasteiger partial charge in [-0.2, -0.15) is 0 Å². The number of aromatic hydroxyl groups is 10. The van der Waals surface area contributed by atoms with Crippen LogP contribution in [0.3, 0.4) is 0 Å². The third kappa shape index (κ3) is 5.77. The fourth-order valence-corrected chi connectivity index (χ4v) is 9.92. The van der Waals surface area contributed by atoms with E-state index in [1.165, 1.54) is 17.4 Å². The minimum atomic E-state index is -1.13. The van der Waals surface area contributed by atoms with Gasteiger partial charge in [0, 0.05) is 42.9 Å². The molecule has 0 aliphatic carbocycles. The number of fused-ring (bicyclic) bond motifs is 6. The molecule has 0 amide bonds. The fraction of sp³-hybridized carbons (Fsp3) is 0. The molecule has 11 rings (SSSR count). The molecule has 0 spiro atoms. The van der Waals surface area contributed by atoms with Crippen LogP contribution < -0.4 is 0 Å². The highest BCUT2D eigenvalue weighted by Crippen LogP contribution is 2.58. The highest BCUT2D eigenvalue weighted by atomic mass is 32.1. The average molecular weight is 893 g/mol. The number of nitrogens with zero attached hydrogens (tertiary/aromatic N) is 4. The maximum absolute atomic E-state index is 11.3. The molecular weight excluding hydrogens is 861 g/mol. The van der Waals surface area contributed by atoms with Gasteiger partial charge in [-0.15, -0.1) is 11.3 Å². The van der Waals surface area contributed by atoms with Crippen molar-refractivity contribution in [2.75, 3.05) is 0 Å². The van der Waals surface area contributed by atoms with Gasteiger partial charge < -0.3 is 55.6 Å². The molecule has 0 saturated heterocycles. The fourth-order valence-electron chi connectivity index (χ4n) is 8.68. The Morgan fingerprint density at radius 3 is 1.48 bits per heavy atom. The van der Waals surface area contributed by atoms with Gasteiger partial charge in [0.2, 0.25) is 34.5 Å². The Morgan fingerprint density at radius 2 is 0.879 bits per heavy atom. The molecule has 0 saturated carbocycles. The Balaban J connectivity index is 1.33. The molecule has 322 valence electrons. The second-order valence-corrected chi connectivity index (χ2v) is 16.5. The number of phenols is 10. The largest absolute Gasteiger partial charge is 0.504 e. The Hall–Kier alpha value is -9.21. The summed E-state index contributed by atoms with van der Waals surface area (Å²) in [6.45, 7) is 0. The summed E-state index contributed by atoms with van der Waals surface area (Å²) >= 11 is 1.50. The van der Waals surface area contributed by atoms with Gasteiger partial charge in [0.1, 0.15) is 0 Å². The Bertz CT molecular complexity index is 3720. The third-order valence-electron chi connectivity index (χ3n) is 11.8. The van der Waals surface area contributed by atoms with Crippen molar-refractivity contribution >= 4 is 53.3 Å². The summed E-state index contributed by atoms with van der Waals surface area (Å²) in [5, 5.41) is 111. The van der Waals surface area contributed by atoms with E-state index >= 15 is 0 Å². The number of rotatable bonds is 6. The van der Waals surface area contributed by atoms with Gasteiger partial charge in [-0.05, 0) is 35.4 Å². The van der Waals surface area contributed by atoms with E-state index in [4.69, 9.17) is 15.0 Å². The van der Waals surface area contributed by atoms with Crippen molar-refractivity contribution < 1.29 is 51.1 Å². The molecule has 15 heteroatoms. The zero-order chi connectivity index (χ0) is 45.7. The molecule has 0 aliphatic rings. The normalized spacial score (nSPS) is 11.6. The van der Waals surface area contributed by atoms with Crippen LogP contribution in [0.25, 0.3) is 104 Å². The predicted molar refractivity (Wildman–Crippen MR) is 251 cm³/mol. The number of hydrogen-bond donors (Lipinski definition) is 10. The van der Waals surface area contributed by atoms with Crippen LogP contribution in [0.2, 0.25) is 0 Å². The van der Waals surface area contributed by atoms with Gasteiger partial charge in [-0.3, -0.25) is 0 Å². The first-order valence-electron chi connectivity index (χ1n) is 20.2. The lowest BCUT2D eigenvalue weighted by Gasteiger charge is -2.17. The lowest BCUT2D eigenvalue weighted by atomic mass is 9.95. The van der Waals surface area contributed by atoms with Gasteiger partial charge in [0.05, 0.1) is 32.5 Å². The van der Waals surface area contributed by atoms with E-state index in [0.29, 0.717) is 44.7 Å². The van der Waals surface area contributed by atoms with Crippen LogP contribution in [0.1, 0.15) is 0 Å². The van der Waals surface area contributed by atoms with Gasteiger partial charge in [-0.1, -0.05) is 109 Å². The standard InChI is InChI=1S/C51H32N4O10S/c56-38-34(39(57)43(61)46(64)42(38)60)25-18-19-28-32(22-25)55(31-16-9-15-29(35(28)31)36-40(58)44(62)47(65)45(63)41(36)59)37-30(21-20-27-26-14-7-8-17-33(26)66-48(27)37)51-53-49(23-10-3-1-4-11-23)52-50(54-51)24-12-5-2-6-13-24/h1-22,56-65H. The summed E-state index contributed by atoms with van der Waals surface area (Å²) < 4.78 is 3.59. The number of thiophene rings is 1. The SMILES string of the molecule is Oc1c(O)c(O)c(-c2ccc3c4c(-c5c(O)c(O)c(O)c(O)c5O)cccc4n(-c4c(-c5nc(-c6ccccc6)nc(-c6ccccc6)n5)ccc5c4sc4ccccc45)c3c2)c(O)c1O. The second kappa shape index (κ2) is 14.7. The summed E-state index contributed by atoms with van der Waals surface area (Å²) in [6, 6.07) is 40.3. The quantitative estimate of drug-likeness (QED) is 0.0552. The van der Waals surface area contributed by atoms with Crippen molar-refractivity contribution in [3.8, 4) is 120 Å². The zero-order valence-corrected chi connectivity index (χ0v) is 34.7. The highest BCUT2D eigenvalue weighted by Gasteiger charge is 2.30. The van der Waals surface area contributed by atoms with Crippen molar-refractivity contribution in [3.63, 3.8) is 0 Å². The van der Waals surface area contributed by atoms with Gasteiger partial charge in [-0.25, -0.2) is 15.0 Å². The van der Waals surface area contributed by atoms with E-state index in [9.17, 15) is 51.1 Å². The number of benzene rings is 8. The van der Waals surface area contributed by atoms with Crippen LogP contribution in [0.4, 0.5) is 0 Å². The van der Waals surface area contributed by atoms with Crippen LogP contribution in [-0.4, -0.2) is 70.6 Å². The number of phenolic OH excluding ortho intramolecular Hbond substituents is 10. The summed E-state index contributed by atoms with van der Waals surface area (Å²) in [7, 11) is 0. The Kier molecular flexibility index (Phi) is 8.82. The van der Waals surface area contributed by atoms with Crippen LogP contribution in [-0.2, 0) is 0 Å². The molecule has 14 nitrogen and oxygen atoms in total.